The van der Waals surface area contributed by atoms with E-state index in [0.29, 0.717) is 17.9 Å². The monoisotopic (exact) mass is 414 g/mol. The van der Waals surface area contributed by atoms with Gasteiger partial charge < -0.3 is 19.7 Å². The Morgan fingerprint density at radius 2 is 1.74 bits per heavy atom. The Morgan fingerprint density at radius 3 is 2.45 bits per heavy atom. The third kappa shape index (κ3) is 4.43. The summed E-state index contributed by atoms with van der Waals surface area (Å²) in [6, 6.07) is 21.9. The average molecular weight is 414 g/mol. The molecule has 1 heterocycles. The van der Waals surface area contributed by atoms with E-state index < -0.39 is 0 Å². The molecule has 0 unspecified atom stereocenters. The summed E-state index contributed by atoms with van der Waals surface area (Å²) < 4.78 is 10.9. The Labute approximate surface area is 180 Å². The van der Waals surface area contributed by atoms with Crippen molar-refractivity contribution in [1.29, 1.82) is 0 Å². The lowest BCUT2D eigenvalue weighted by atomic mass is 10.1. The molecule has 4 rings (SSSR count). The molecule has 0 radical (unpaired) electrons. The van der Waals surface area contributed by atoms with Crippen LogP contribution in [0.2, 0.25) is 0 Å². The van der Waals surface area contributed by atoms with E-state index in [1.54, 1.807) is 49.4 Å². The van der Waals surface area contributed by atoms with E-state index in [1.165, 1.54) is 0 Å². The van der Waals surface area contributed by atoms with Crippen molar-refractivity contribution < 1.29 is 19.1 Å². The summed E-state index contributed by atoms with van der Waals surface area (Å²) in [7, 11) is 3.33. The normalized spacial score (nSPS) is 14.1. The van der Waals surface area contributed by atoms with Crippen LogP contribution in [0.1, 0.15) is 21.5 Å². The zero-order chi connectivity index (χ0) is 21.8. The van der Waals surface area contributed by atoms with Crippen molar-refractivity contribution in [1.82, 2.24) is 5.32 Å². The second-order valence-corrected chi connectivity index (χ2v) is 7.10. The Balaban J connectivity index is 1.43. The zero-order valence-corrected chi connectivity index (χ0v) is 17.3. The van der Waals surface area contributed by atoms with Gasteiger partial charge in [-0.1, -0.05) is 36.4 Å². The number of anilines is 1. The molecule has 31 heavy (non-hydrogen) atoms. The second-order valence-electron chi connectivity index (χ2n) is 7.10. The molecule has 3 aromatic carbocycles. The summed E-state index contributed by atoms with van der Waals surface area (Å²) in [6.45, 7) is 0.419. The molecule has 0 fully saturated rings. The van der Waals surface area contributed by atoms with Crippen LogP contribution in [0.25, 0.3) is 6.08 Å². The lowest BCUT2D eigenvalue weighted by molar-refractivity contribution is -0.117. The number of carbonyl (C=O) groups excluding carboxylic acids is 2. The van der Waals surface area contributed by atoms with Crippen LogP contribution in [0.4, 0.5) is 5.69 Å². The van der Waals surface area contributed by atoms with Gasteiger partial charge in [0.15, 0.2) is 11.5 Å². The van der Waals surface area contributed by atoms with Gasteiger partial charge in [0.25, 0.3) is 11.8 Å². The summed E-state index contributed by atoms with van der Waals surface area (Å²) in [4.78, 5) is 26.6. The fraction of sp³-hybridized carbons (Fsp3) is 0.120. The molecule has 2 amide bonds. The number of rotatable bonds is 5. The molecule has 0 aromatic heterocycles. The summed E-state index contributed by atoms with van der Waals surface area (Å²) in [5.74, 6) is 1.24. The quantitative estimate of drug-likeness (QED) is 0.641. The number of ether oxygens (including phenoxy) is 2. The Hall–Kier alpha value is -4.06. The van der Waals surface area contributed by atoms with Gasteiger partial charge >= 0.3 is 0 Å². The molecule has 1 aliphatic heterocycles. The van der Waals surface area contributed by atoms with Crippen LogP contribution >= 0.6 is 0 Å². The van der Waals surface area contributed by atoms with Gasteiger partial charge in [-0.25, -0.2) is 0 Å². The predicted molar refractivity (Wildman–Crippen MR) is 119 cm³/mol. The molecular formula is C25H22N2O4. The SMILES string of the molecule is COc1ccc(CNC(=O)c2ccc(C=C3Oc4ccccc4N(C)C3=O)cc2)cc1. The number of nitrogens with one attached hydrogen (secondary N) is 1. The van der Waals surface area contributed by atoms with E-state index in [-0.39, 0.29) is 17.6 Å². The number of carbonyl (C=O) groups is 2. The van der Waals surface area contributed by atoms with Gasteiger partial charge in [0.1, 0.15) is 5.75 Å². The first kappa shape index (κ1) is 20.2. The van der Waals surface area contributed by atoms with Crippen molar-refractivity contribution in [2.75, 3.05) is 19.1 Å². The molecular weight excluding hydrogens is 392 g/mol. The van der Waals surface area contributed by atoms with Crippen LogP contribution in [-0.2, 0) is 11.3 Å². The number of hydrogen-bond acceptors (Lipinski definition) is 4. The van der Waals surface area contributed by atoms with Crippen molar-refractivity contribution >= 4 is 23.6 Å². The van der Waals surface area contributed by atoms with Crippen LogP contribution < -0.4 is 19.7 Å². The average Bonchev–Trinajstić information content (AvgIpc) is 2.81. The number of para-hydroxylation sites is 2. The van der Waals surface area contributed by atoms with Gasteiger partial charge in [0.2, 0.25) is 0 Å². The summed E-state index contributed by atoms with van der Waals surface area (Å²) in [6.07, 6.45) is 1.67. The van der Waals surface area contributed by atoms with E-state index >= 15 is 0 Å². The molecule has 0 atom stereocenters. The van der Waals surface area contributed by atoms with E-state index in [0.717, 1.165) is 22.6 Å². The zero-order valence-electron chi connectivity index (χ0n) is 17.3. The van der Waals surface area contributed by atoms with Gasteiger partial charge in [-0.2, -0.15) is 0 Å². The Kier molecular flexibility index (Phi) is 5.71. The van der Waals surface area contributed by atoms with Crippen LogP contribution in [0, 0.1) is 0 Å². The number of hydrogen-bond donors (Lipinski definition) is 1. The second kappa shape index (κ2) is 8.75. The molecule has 1 N–H and O–H groups in total. The Bertz CT molecular complexity index is 1130. The molecule has 0 bridgehead atoms. The van der Waals surface area contributed by atoms with Gasteiger partial charge in [-0.05, 0) is 53.6 Å². The molecule has 0 spiro atoms. The molecule has 6 heteroatoms. The number of methoxy groups -OCH3 is 1. The predicted octanol–water partition coefficient (Wildman–Crippen LogP) is 4.02. The lowest BCUT2D eigenvalue weighted by Gasteiger charge is -2.27. The molecule has 0 saturated heterocycles. The van der Waals surface area contributed by atoms with Crippen LogP contribution in [0.5, 0.6) is 11.5 Å². The van der Waals surface area contributed by atoms with Gasteiger partial charge in [-0.15, -0.1) is 0 Å². The number of fused-ring (bicyclic) bond motifs is 1. The third-order valence-electron chi connectivity index (χ3n) is 5.04. The van der Waals surface area contributed by atoms with E-state index in [1.807, 2.05) is 48.5 Å². The van der Waals surface area contributed by atoms with Crippen LogP contribution in [0.15, 0.2) is 78.6 Å². The van der Waals surface area contributed by atoms with Gasteiger partial charge in [-0.3, -0.25) is 9.59 Å². The maximum absolute atomic E-state index is 12.6. The molecule has 6 nitrogen and oxygen atoms in total. The lowest BCUT2D eigenvalue weighted by Crippen LogP contribution is -2.33. The first-order chi connectivity index (χ1) is 15.0. The van der Waals surface area contributed by atoms with Crippen molar-refractivity contribution in [3.63, 3.8) is 0 Å². The highest BCUT2D eigenvalue weighted by Gasteiger charge is 2.27. The summed E-state index contributed by atoms with van der Waals surface area (Å²) in [5, 5.41) is 2.90. The van der Waals surface area contributed by atoms with Crippen molar-refractivity contribution in [2.24, 2.45) is 0 Å². The fourth-order valence-electron chi connectivity index (χ4n) is 3.26. The topological polar surface area (TPSA) is 67.9 Å². The summed E-state index contributed by atoms with van der Waals surface area (Å²) in [5.41, 5.74) is 3.01. The first-order valence-electron chi connectivity index (χ1n) is 9.83. The minimum atomic E-state index is -0.222. The molecule has 0 saturated carbocycles. The molecule has 0 aliphatic carbocycles. The molecule has 1 aliphatic rings. The van der Waals surface area contributed by atoms with Gasteiger partial charge in [0.05, 0.1) is 12.8 Å². The number of benzene rings is 3. The third-order valence-corrected chi connectivity index (χ3v) is 5.04. The van der Waals surface area contributed by atoms with E-state index in [2.05, 4.69) is 5.32 Å². The smallest absolute Gasteiger partial charge is 0.293 e. The molecule has 156 valence electrons. The maximum atomic E-state index is 12.6. The minimum Gasteiger partial charge on any atom is -0.497 e. The first-order valence-corrected chi connectivity index (χ1v) is 9.83. The van der Waals surface area contributed by atoms with E-state index in [4.69, 9.17) is 9.47 Å². The summed E-state index contributed by atoms with van der Waals surface area (Å²) >= 11 is 0. The highest BCUT2D eigenvalue weighted by molar-refractivity contribution is 6.09. The van der Waals surface area contributed by atoms with Crippen LogP contribution in [0.3, 0.4) is 0 Å². The minimum absolute atomic E-state index is 0.173. The van der Waals surface area contributed by atoms with Gasteiger partial charge in [0, 0.05) is 19.2 Å². The number of likely N-dealkylation sites (N-methyl/N-ethyl adjacent to an activating group) is 1. The van der Waals surface area contributed by atoms with Crippen molar-refractivity contribution in [2.45, 2.75) is 6.54 Å². The van der Waals surface area contributed by atoms with Crippen molar-refractivity contribution in [3.05, 3.63) is 95.2 Å². The maximum Gasteiger partial charge on any atom is 0.293 e. The van der Waals surface area contributed by atoms with Crippen molar-refractivity contribution in [3.8, 4) is 11.5 Å². The van der Waals surface area contributed by atoms with Crippen LogP contribution in [-0.4, -0.2) is 26.0 Å². The number of nitrogens with zero attached hydrogens (tertiary/aromatic N) is 1. The number of amides is 2. The van der Waals surface area contributed by atoms with E-state index in [9.17, 15) is 9.59 Å². The fourth-order valence-corrected chi connectivity index (χ4v) is 3.26. The highest BCUT2D eigenvalue weighted by Crippen LogP contribution is 2.34. The largest absolute Gasteiger partial charge is 0.497 e. The molecule has 3 aromatic rings. The standard InChI is InChI=1S/C25H22N2O4/c1-27-21-5-3-4-6-22(21)31-23(25(27)29)15-17-7-11-19(12-8-17)24(28)26-16-18-9-13-20(30-2)14-10-18/h3-15H,16H2,1-2H3,(H,26,28). The Morgan fingerprint density at radius 1 is 1.03 bits per heavy atom. The highest BCUT2D eigenvalue weighted by atomic mass is 16.5.